The Kier molecular flexibility index (Phi) is 8.79. The molecule has 3 rings (SSSR count). The molecule has 1 amide bonds. The maximum absolute atomic E-state index is 13.1. The van der Waals surface area contributed by atoms with Gasteiger partial charge in [-0.2, -0.15) is 0 Å². The quantitative estimate of drug-likeness (QED) is 0.432. The molecule has 8 heteroatoms. The first-order valence-electron chi connectivity index (χ1n) is 11.6. The Morgan fingerprint density at radius 1 is 1.12 bits per heavy atom. The predicted octanol–water partition coefficient (Wildman–Crippen LogP) is 3.60. The number of rotatable bonds is 11. The van der Waals surface area contributed by atoms with Gasteiger partial charge in [0.05, 0.1) is 18.5 Å². The summed E-state index contributed by atoms with van der Waals surface area (Å²) in [6.07, 6.45) is 2.37. The fourth-order valence-electron chi connectivity index (χ4n) is 4.08. The minimum Gasteiger partial charge on any atom is -0.481 e. The van der Waals surface area contributed by atoms with Crippen molar-refractivity contribution in [1.29, 1.82) is 0 Å². The van der Waals surface area contributed by atoms with Gasteiger partial charge in [0.2, 0.25) is 5.91 Å². The first-order valence-corrected chi connectivity index (χ1v) is 11.6. The number of hydrogen-bond donors (Lipinski definition) is 3. The van der Waals surface area contributed by atoms with Gasteiger partial charge in [-0.1, -0.05) is 50.2 Å². The third-order valence-electron chi connectivity index (χ3n) is 5.79. The van der Waals surface area contributed by atoms with Gasteiger partial charge in [0, 0.05) is 12.2 Å². The molecule has 3 N–H and O–H groups in total. The summed E-state index contributed by atoms with van der Waals surface area (Å²) in [6, 6.07) is 15.1. The molecule has 1 fully saturated rings. The summed E-state index contributed by atoms with van der Waals surface area (Å²) in [6.45, 7) is 4.27. The topological polar surface area (TPSA) is 114 Å². The lowest BCUT2D eigenvalue weighted by Gasteiger charge is -2.42. The summed E-state index contributed by atoms with van der Waals surface area (Å²) in [4.78, 5) is 35.5. The van der Waals surface area contributed by atoms with Crippen LogP contribution in [0.15, 0.2) is 54.6 Å². The zero-order valence-corrected chi connectivity index (χ0v) is 19.5. The van der Waals surface area contributed by atoms with Crippen molar-refractivity contribution in [1.82, 2.24) is 10.6 Å². The zero-order valence-electron chi connectivity index (χ0n) is 19.5. The van der Waals surface area contributed by atoms with E-state index in [0.717, 1.165) is 18.4 Å². The van der Waals surface area contributed by atoms with E-state index >= 15 is 0 Å². The smallest absolute Gasteiger partial charge is 0.305 e. The summed E-state index contributed by atoms with van der Waals surface area (Å²) in [7, 11) is 0. The minimum atomic E-state index is -1.16. The Balaban J connectivity index is 1.92. The largest absolute Gasteiger partial charge is 0.481 e. The van der Waals surface area contributed by atoms with Crippen LogP contribution in [-0.4, -0.2) is 42.0 Å². The molecule has 2 aromatic carbocycles. The van der Waals surface area contributed by atoms with E-state index in [1.54, 1.807) is 0 Å². The standard InChI is InChI=1S/C26H32N2O6/c1-18(2)24(25(32)27-19(17-29)16-23(30)31)28-26(14-8-9-15-33-26)21-12-6-7-13-22(21)34-20-10-4-3-5-11-20/h3-7,10-13,17-19,24,28H,8-9,14-16H2,1-2H3,(H,27,32)(H,30,31)/t19-,24-,26?/m0/s1. The van der Waals surface area contributed by atoms with Gasteiger partial charge in [0.15, 0.2) is 0 Å². The Labute approximate surface area is 199 Å². The number of ether oxygens (including phenoxy) is 2. The average molecular weight is 469 g/mol. The number of aliphatic carboxylic acids is 1. The second kappa shape index (κ2) is 11.8. The number of carboxylic acids is 1. The van der Waals surface area contributed by atoms with Crippen molar-refractivity contribution in [3.8, 4) is 11.5 Å². The molecular formula is C26H32N2O6. The van der Waals surface area contributed by atoms with Crippen LogP contribution in [0.25, 0.3) is 0 Å². The second-order valence-electron chi connectivity index (χ2n) is 8.76. The number of carbonyl (C=O) groups is 3. The van der Waals surface area contributed by atoms with E-state index in [9.17, 15) is 14.4 Å². The molecular weight excluding hydrogens is 436 g/mol. The average Bonchev–Trinajstić information content (AvgIpc) is 2.83. The van der Waals surface area contributed by atoms with Crippen LogP contribution < -0.4 is 15.4 Å². The van der Waals surface area contributed by atoms with E-state index in [2.05, 4.69) is 10.6 Å². The van der Waals surface area contributed by atoms with E-state index in [4.69, 9.17) is 14.6 Å². The van der Waals surface area contributed by atoms with Crippen LogP contribution in [0.4, 0.5) is 0 Å². The van der Waals surface area contributed by atoms with Crippen molar-refractivity contribution in [2.45, 2.75) is 57.3 Å². The highest BCUT2D eigenvalue weighted by Gasteiger charge is 2.42. The van der Waals surface area contributed by atoms with Crippen LogP contribution in [0.2, 0.25) is 0 Å². The van der Waals surface area contributed by atoms with Gasteiger partial charge >= 0.3 is 5.97 Å². The van der Waals surface area contributed by atoms with Crippen molar-refractivity contribution >= 4 is 18.2 Å². The third-order valence-corrected chi connectivity index (χ3v) is 5.79. The molecule has 1 heterocycles. The lowest BCUT2D eigenvalue weighted by molar-refractivity contribution is -0.142. The number of nitrogens with one attached hydrogen (secondary N) is 2. The van der Waals surface area contributed by atoms with E-state index in [0.29, 0.717) is 30.8 Å². The maximum atomic E-state index is 13.1. The normalized spacial score (nSPS) is 19.7. The lowest BCUT2D eigenvalue weighted by atomic mass is 9.90. The Bertz CT molecular complexity index is 972. The van der Waals surface area contributed by atoms with Crippen LogP contribution in [-0.2, 0) is 24.8 Å². The number of carboxylic acid groups (broad SMARTS) is 1. The van der Waals surface area contributed by atoms with Crippen molar-refractivity contribution in [3.05, 3.63) is 60.2 Å². The molecule has 1 aliphatic rings. The van der Waals surface area contributed by atoms with Gasteiger partial charge < -0.3 is 24.7 Å². The van der Waals surface area contributed by atoms with Gasteiger partial charge in [-0.3, -0.25) is 14.9 Å². The summed E-state index contributed by atoms with van der Waals surface area (Å²) >= 11 is 0. The molecule has 1 aliphatic heterocycles. The molecule has 8 nitrogen and oxygen atoms in total. The Hall–Kier alpha value is -3.23. The van der Waals surface area contributed by atoms with Gasteiger partial charge in [0.1, 0.15) is 23.5 Å². The van der Waals surface area contributed by atoms with Gasteiger partial charge in [-0.15, -0.1) is 0 Å². The molecule has 0 aromatic heterocycles. The fourth-order valence-corrected chi connectivity index (χ4v) is 4.08. The maximum Gasteiger partial charge on any atom is 0.305 e. The fraction of sp³-hybridized carbons (Fsp3) is 0.423. The first-order chi connectivity index (χ1) is 16.3. The number of carbonyl (C=O) groups excluding carboxylic acids is 2. The van der Waals surface area contributed by atoms with Crippen LogP contribution >= 0.6 is 0 Å². The summed E-state index contributed by atoms with van der Waals surface area (Å²) in [5.41, 5.74) is -0.214. The van der Waals surface area contributed by atoms with Crippen LogP contribution in [0, 0.1) is 5.92 Å². The molecule has 34 heavy (non-hydrogen) atoms. The Morgan fingerprint density at radius 2 is 1.82 bits per heavy atom. The number of aldehydes is 1. The molecule has 2 aromatic rings. The summed E-state index contributed by atoms with van der Waals surface area (Å²) < 4.78 is 12.5. The number of hydrogen-bond acceptors (Lipinski definition) is 6. The van der Waals surface area contributed by atoms with Gasteiger partial charge in [-0.25, -0.2) is 0 Å². The molecule has 0 radical (unpaired) electrons. The van der Waals surface area contributed by atoms with Crippen LogP contribution in [0.5, 0.6) is 11.5 Å². The highest BCUT2D eigenvalue weighted by molar-refractivity contribution is 5.86. The molecule has 182 valence electrons. The van der Waals surface area contributed by atoms with E-state index in [1.807, 2.05) is 68.4 Å². The summed E-state index contributed by atoms with van der Waals surface area (Å²) in [5, 5.41) is 15.0. The van der Waals surface area contributed by atoms with E-state index < -0.39 is 36.1 Å². The van der Waals surface area contributed by atoms with Gasteiger partial charge in [-0.05, 0) is 43.4 Å². The number of benzene rings is 2. The highest BCUT2D eigenvalue weighted by Crippen LogP contribution is 2.40. The molecule has 3 atom stereocenters. The van der Waals surface area contributed by atoms with E-state index in [1.165, 1.54) is 0 Å². The summed E-state index contributed by atoms with van der Waals surface area (Å²) in [5.74, 6) is -0.486. The second-order valence-corrected chi connectivity index (χ2v) is 8.76. The van der Waals surface area contributed by atoms with Gasteiger partial charge in [0.25, 0.3) is 0 Å². The third kappa shape index (κ3) is 6.42. The molecule has 1 unspecified atom stereocenters. The monoisotopic (exact) mass is 468 g/mol. The highest BCUT2D eigenvalue weighted by atomic mass is 16.5. The SMILES string of the molecule is CC(C)[C@H](NC1(c2ccccc2Oc2ccccc2)CCCCO1)C(=O)N[C@H](C=O)CC(=O)O. The number of para-hydroxylation sites is 2. The van der Waals surface area contributed by atoms with Crippen molar-refractivity contribution in [2.24, 2.45) is 5.92 Å². The molecule has 0 aliphatic carbocycles. The molecule has 0 spiro atoms. The van der Waals surface area contributed by atoms with Crippen molar-refractivity contribution < 1.29 is 29.0 Å². The number of amides is 1. The van der Waals surface area contributed by atoms with Crippen molar-refractivity contribution in [3.63, 3.8) is 0 Å². The Morgan fingerprint density at radius 3 is 2.44 bits per heavy atom. The molecule has 0 saturated carbocycles. The first kappa shape index (κ1) is 25.4. The van der Waals surface area contributed by atoms with Crippen LogP contribution in [0.3, 0.4) is 0 Å². The zero-order chi connectivity index (χ0) is 24.6. The van der Waals surface area contributed by atoms with Crippen LogP contribution in [0.1, 0.15) is 45.1 Å². The molecule has 0 bridgehead atoms. The lowest BCUT2D eigenvalue weighted by Crippen LogP contribution is -2.59. The minimum absolute atomic E-state index is 0.165. The predicted molar refractivity (Wildman–Crippen MR) is 126 cm³/mol. The molecule has 1 saturated heterocycles. The van der Waals surface area contributed by atoms with E-state index in [-0.39, 0.29) is 5.92 Å². The van der Waals surface area contributed by atoms with Crippen molar-refractivity contribution in [2.75, 3.05) is 6.61 Å².